The smallest absolute Gasteiger partial charge is 0.233 e. The van der Waals surface area contributed by atoms with Gasteiger partial charge in [-0.15, -0.1) is 11.8 Å². The number of fused-ring (bicyclic) bond motifs is 1. The van der Waals surface area contributed by atoms with Crippen LogP contribution in [0.25, 0.3) is 0 Å². The van der Waals surface area contributed by atoms with Gasteiger partial charge in [-0.05, 0) is 13.3 Å². The largest absolute Gasteiger partial charge is 0.327 e. The first-order valence-corrected chi connectivity index (χ1v) is 6.88. The summed E-state index contributed by atoms with van der Waals surface area (Å²) < 4.78 is 0. The van der Waals surface area contributed by atoms with E-state index < -0.39 is 0 Å². The van der Waals surface area contributed by atoms with Crippen LogP contribution in [0.5, 0.6) is 0 Å². The maximum Gasteiger partial charge on any atom is 0.233 e. The lowest BCUT2D eigenvalue weighted by Gasteiger charge is -2.45. The maximum atomic E-state index is 11.6. The lowest BCUT2D eigenvalue weighted by atomic mass is 9.92. The van der Waals surface area contributed by atoms with E-state index in [1.165, 1.54) is 19.3 Å². The molecule has 2 heterocycles. The number of nitrogens with zero attached hydrogens (tertiary/aromatic N) is 1. The third-order valence-electron chi connectivity index (χ3n) is 3.44. The summed E-state index contributed by atoms with van der Waals surface area (Å²) in [4.78, 5) is 13.7. The highest BCUT2D eigenvalue weighted by molar-refractivity contribution is 8.01. The van der Waals surface area contributed by atoms with Crippen LogP contribution in [-0.2, 0) is 4.79 Å². The van der Waals surface area contributed by atoms with E-state index in [2.05, 4.69) is 24.1 Å². The van der Waals surface area contributed by atoms with Crippen LogP contribution in [0.15, 0.2) is 0 Å². The van der Waals surface area contributed by atoms with Gasteiger partial charge in [0, 0.05) is 18.6 Å². The number of unbranched alkanes of at least 4 members (excludes halogenated alkanes) is 1. The number of hydrogen-bond acceptors (Lipinski definition) is 3. The van der Waals surface area contributed by atoms with Crippen molar-refractivity contribution >= 4 is 17.7 Å². The molecule has 0 aromatic carbocycles. The average molecular weight is 228 g/mol. The molecule has 4 heteroatoms. The fourth-order valence-corrected chi connectivity index (χ4v) is 3.97. The van der Waals surface area contributed by atoms with Gasteiger partial charge in [-0.3, -0.25) is 4.79 Å². The Labute approximate surface area is 96.0 Å². The van der Waals surface area contributed by atoms with Gasteiger partial charge in [-0.25, -0.2) is 0 Å². The average Bonchev–Trinajstić information content (AvgIpc) is 2.60. The summed E-state index contributed by atoms with van der Waals surface area (Å²) in [6.45, 7) is 6.32. The van der Waals surface area contributed by atoms with E-state index in [1.807, 2.05) is 0 Å². The zero-order valence-corrected chi connectivity index (χ0v) is 10.4. The Morgan fingerprint density at radius 3 is 3.20 bits per heavy atom. The molecule has 0 saturated carbocycles. The Kier molecular flexibility index (Phi) is 3.26. The minimum atomic E-state index is 0.130. The van der Waals surface area contributed by atoms with Crippen molar-refractivity contribution in [3.05, 3.63) is 0 Å². The lowest BCUT2D eigenvalue weighted by molar-refractivity contribution is -0.130. The minimum absolute atomic E-state index is 0.130. The van der Waals surface area contributed by atoms with Crippen molar-refractivity contribution in [3.63, 3.8) is 0 Å². The SMILES string of the molecule is CCCC[C@]1(C)NCCN2C(=O)CS[C@H]21. The van der Waals surface area contributed by atoms with E-state index >= 15 is 0 Å². The minimum Gasteiger partial charge on any atom is -0.327 e. The topological polar surface area (TPSA) is 32.3 Å². The third kappa shape index (κ3) is 2.02. The normalized spacial score (nSPS) is 35.7. The quantitative estimate of drug-likeness (QED) is 0.793. The molecule has 0 aromatic heterocycles. The number of amides is 1. The first-order chi connectivity index (χ1) is 7.17. The fourth-order valence-electron chi connectivity index (χ4n) is 2.53. The Morgan fingerprint density at radius 2 is 2.47 bits per heavy atom. The molecule has 1 amide bonds. The van der Waals surface area contributed by atoms with Crippen LogP contribution in [0.3, 0.4) is 0 Å². The highest BCUT2D eigenvalue weighted by Gasteiger charge is 2.46. The number of carbonyl (C=O) groups is 1. The zero-order valence-electron chi connectivity index (χ0n) is 9.58. The fraction of sp³-hybridized carbons (Fsp3) is 0.909. The second kappa shape index (κ2) is 4.34. The van der Waals surface area contributed by atoms with Gasteiger partial charge in [-0.2, -0.15) is 0 Å². The van der Waals surface area contributed by atoms with Crippen molar-refractivity contribution in [1.29, 1.82) is 0 Å². The Hall–Kier alpha value is -0.220. The molecular formula is C11H20N2OS. The molecule has 0 aromatic rings. The first kappa shape index (κ1) is 11.3. The predicted molar refractivity (Wildman–Crippen MR) is 63.9 cm³/mol. The van der Waals surface area contributed by atoms with Gasteiger partial charge < -0.3 is 10.2 Å². The highest BCUT2D eigenvalue weighted by Crippen LogP contribution is 2.37. The lowest BCUT2D eigenvalue weighted by Crippen LogP contribution is -2.63. The van der Waals surface area contributed by atoms with E-state index in [0.717, 1.165) is 13.1 Å². The van der Waals surface area contributed by atoms with Gasteiger partial charge in [0.25, 0.3) is 0 Å². The van der Waals surface area contributed by atoms with Gasteiger partial charge in [0.2, 0.25) is 5.91 Å². The van der Waals surface area contributed by atoms with Crippen LogP contribution in [0.1, 0.15) is 33.1 Å². The molecule has 0 aliphatic carbocycles. The molecule has 0 bridgehead atoms. The number of piperazine rings is 1. The standard InChI is InChI=1S/C11H20N2OS/c1-3-4-5-11(2)10-13(7-6-12-11)9(14)8-15-10/h10,12H,3-8H2,1-2H3/t10-,11-/m0/s1. The van der Waals surface area contributed by atoms with Crippen molar-refractivity contribution in [2.24, 2.45) is 0 Å². The monoisotopic (exact) mass is 228 g/mol. The summed E-state index contributed by atoms with van der Waals surface area (Å²) >= 11 is 1.81. The predicted octanol–water partition coefficient (Wildman–Crippen LogP) is 1.44. The van der Waals surface area contributed by atoms with Crippen molar-refractivity contribution in [2.45, 2.75) is 44.0 Å². The summed E-state index contributed by atoms with van der Waals surface area (Å²) in [7, 11) is 0. The molecule has 2 atom stereocenters. The van der Waals surface area contributed by atoms with Crippen molar-refractivity contribution in [1.82, 2.24) is 10.2 Å². The van der Waals surface area contributed by atoms with Crippen LogP contribution in [0.2, 0.25) is 0 Å². The third-order valence-corrected chi connectivity index (χ3v) is 4.95. The molecule has 2 rings (SSSR count). The summed E-state index contributed by atoms with van der Waals surface area (Å²) in [6.07, 6.45) is 3.64. The van der Waals surface area contributed by atoms with Gasteiger partial charge in [0.15, 0.2) is 0 Å². The molecule has 2 saturated heterocycles. The number of nitrogens with one attached hydrogen (secondary N) is 1. The van der Waals surface area contributed by atoms with E-state index in [-0.39, 0.29) is 5.54 Å². The van der Waals surface area contributed by atoms with E-state index in [1.54, 1.807) is 11.8 Å². The van der Waals surface area contributed by atoms with Crippen LogP contribution >= 0.6 is 11.8 Å². The summed E-state index contributed by atoms with van der Waals surface area (Å²) in [5.41, 5.74) is 0.130. The highest BCUT2D eigenvalue weighted by atomic mass is 32.2. The maximum absolute atomic E-state index is 11.6. The molecule has 2 fully saturated rings. The van der Waals surface area contributed by atoms with Gasteiger partial charge >= 0.3 is 0 Å². The van der Waals surface area contributed by atoms with Crippen molar-refractivity contribution in [2.75, 3.05) is 18.8 Å². The summed E-state index contributed by atoms with van der Waals surface area (Å²) in [6, 6.07) is 0. The molecule has 2 aliphatic heterocycles. The molecule has 0 unspecified atom stereocenters. The van der Waals surface area contributed by atoms with Crippen molar-refractivity contribution < 1.29 is 4.79 Å². The number of hydrogen-bond donors (Lipinski definition) is 1. The van der Waals surface area contributed by atoms with Gasteiger partial charge in [0.1, 0.15) is 0 Å². The Bertz CT molecular complexity index is 259. The number of thioether (sulfide) groups is 1. The van der Waals surface area contributed by atoms with Crippen LogP contribution < -0.4 is 5.32 Å². The number of rotatable bonds is 3. The molecule has 15 heavy (non-hydrogen) atoms. The van der Waals surface area contributed by atoms with Crippen molar-refractivity contribution in [3.8, 4) is 0 Å². The van der Waals surface area contributed by atoms with Gasteiger partial charge in [0.05, 0.1) is 11.1 Å². The van der Waals surface area contributed by atoms with Gasteiger partial charge in [-0.1, -0.05) is 19.8 Å². The molecule has 1 N–H and O–H groups in total. The second-order valence-corrected chi connectivity index (χ2v) is 5.77. The first-order valence-electron chi connectivity index (χ1n) is 5.83. The van der Waals surface area contributed by atoms with E-state index in [4.69, 9.17) is 0 Å². The second-order valence-electron chi connectivity index (χ2n) is 4.70. The number of carbonyl (C=O) groups excluding carboxylic acids is 1. The zero-order chi connectivity index (χ0) is 10.9. The molecule has 86 valence electrons. The molecule has 0 spiro atoms. The van der Waals surface area contributed by atoms with E-state index in [9.17, 15) is 4.79 Å². The molecule has 0 radical (unpaired) electrons. The molecule has 3 nitrogen and oxygen atoms in total. The van der Waals surface area contributed by atoms with E-state index in [0.29, 0.717) is 17.0 Å². The van der Waals surface area contributed by atoms with Crippen LogP contribution in [0, 0.1) is 0 Å². The Morgan fingerprint density at radius 1 is 1.67 bits per heavy atom. The Balaban J connectivity index is 2.08. The molecular weight excluding hydrogens is 208 g/mol. The summed E-state index contributed by atoms with van der Waals surface area (Å²) in [5, 5.41) is 3.97. The molecule has 2 aliphatic rings. The van der Waals surface area contributed by atoms with Crippen LogP contribution in [0.4, 0.5) is 0 Å². The summed E-state index contributed by atoms with van der Waals surface area (Å²) in [5.74, 6) is 1.00. The van der Waals surface area contributed by atoms with Crippen LogP contribution in [-0.4, -0.2) is 40.6 Å².